The van der Waals surface area contributed by atoms with Crippen LogP contribution in [0.25, 0.3) is 0 Å². The quantitative estimate of drug-likeness (QED) is 0.840. The van der Waals surface area contributed by atoms with Crippen LogP contribution >= 0.6 is 11.6 Å². The molecular formula is C17H13ClF3NO3. The Kier molecular flexibility index (Phi) is 5.69. The second-order valence-electron chi connectivity index (χ2n) is 5.23. The van der Waals surface area contributed by atoms with Gasteiger partial charge in [0.25, 0.3) is 5.91 Å². The van der Waals surface area contributed by atoms with Gasteiger partial charge >= 0.3 is 12.1 Å². The molecule has 2 N–H and O–H groups in total. The van der Waals surface area contributed by atoms with Crippen molar-refractivity contribution in [3.05, 3.63) is 70.2 Å². The van der Waals surface area contributed by atoms with Crippen LogP contribution in [0.2, 0.25) is 5.02 Å². The Bertz CT molecular complexity index is 775. The minimum Gasteiger partial charge on any atom is -0.480 e. The number of carbonyl (C=O) groups is 2. The van der Waals surface area contributed by atoms with E-state index in [2.05, 4.69) is 5.32 Å². The van der Waals surface area contributed by atoms with Crippen molar-refractivity contribution in [2.24, 2.45) is 0 Å². The molecule has 0 fully saturated rings. The van der Waals surface area contributed by atoms with E-state index >= 15 is 0 Å². The highest BCUT2D eigenvalue weighted by molar-refractivity contribution is 6.30. The highest BCUT2D eigenvalue weighted by Crippen LogP contribution is 2.32. The zero-order valence-electron chi connectivity index (χ0n) is 12.7. The standard InChI is InChI=1S/C17H13ClF3NO3/c18-12-7-5-10(6-8-12)15(23)22-14(16(24)25)9-11-3-1-2-4-13(11)17(19,20)21/h1-8,14H,9H2,(H,22,23)(H,24,25)/t14-/m0/s1. The van der Waals surface area contributed by atoms with Crippen LogP contribution in [-0.4, -0.2) is 23.0 Å². The van der Waals surface area contributed by atoms with Gasteiger partial charge in [0.2, 0.25) is 0 Å². The third kappa shape index (κ3) is 4.96. The maximum Gasteiger partial charge on any atom is 0.416 e. The number of amides is 1. The van der Waals surface area contributed by atoms with E-state index in [0.717, 1.165) is 6.07 Å². The molecule has 8 heteroatoms. The number of carboxylic acids is 1. The van der Waals surface area contributed by atoms with Gasteiger partial charge in [0.1, 0.15) is 6.04 Å². The molecule has 4 nitrogen and oxygen atoms in total. The minimum atomic E-state index is -4.61. The second kappa shape index (κ2) is 7.57. The lowest BCUT2D eigenvalue weighted by molar-refractivity contribution is -0.141. The molecule has 0 saturated carbocycles. The molecule has 0 spiro atoms. The van der Waals surface area contributed by atoms with Gasteiger partial charge in [-0.05, 0) is 35.9 Å². The number of nitrogens with one attached hydrogen (secondary N) is 1. The molecule has 0 saturated heterocycles. The summed E-state index contributed by atoms with van der Waals surface area (Å²) in [4.78, 5) is 23.5. The molecule has 1 atom stereocenters. The van der Waals surface area contributed by atoms with E-state index in [1.54, 1.807) is 0 Å². The van der Waals surface area contributed by atoms with Gasteiger partial charge in [-0.25, -0.2) is 4.79 Å². The molecule has 25 heavy (non-hydrogen) atoms. The van der Waals surface area contributed by atoms with Crippen molar-refractivity contribution >= 4 is 23.5 Å². The number of carbonyl (C=O) groups excluding carboxylic acids is 1. The lowest BCUT2D eigenvalue weighted by Gasteiger charge is -2.18. The summed E-state index contributed by atoms with van der Waals surface area (Å²) in [5.41, 5.74) is -0.986. The summed E-state index contributed by atoms with van der Waals surface area (Å²) in [5.74, 6) is -2.15. The van der Waals surface area contributed by atoms with E-state index in [0.29, 0.717) is 5.02 Å². The molecule has 0 bridgehead atoms. The number of rotatable bonds is 5. The predicted molar refractivity (Wildman–Crippen MR) is 85.5 cm³/mol. The number of carboxylic acid groups (broad SMARTS) is 1. The summed E-state index contributed by atoms with van der Waals surface area (Å²) < 4.78 is 39.1. The minimum absolute atomic E-state index is 0.153. The van der Waals surface area contributed by atoms with Gasteiger partial charge < -0.3 is 10.4 Å². The van der Waals surface area contributed by atoms with Crippen molar-refractivity contribution in [3.63, 3.8) is 0 Å². The molecule has 0 aromatic heterocycles. The molecule has 2 rings (SSSR count). The average Bonchev–Trinajstić information content (AvgIpc) is 2.54. The first-order valence-electron chi connectivity index (χ1n) is 7.13. The average molecular weight is 372 g/mol. The van der Waals surface area contributed by atoms with E-state index in [-0.39, 0.29) is 11.1 Å². The van der Waals surface area contributed by atoms with Crippen molar-refractivity contribution in [1.82, 2.24) is 5.32 Å². The van der Waals surface area contributed by atoms with E-state index in [4.69, 9.17) is 11.6 Å². The van der Waals surface area contributed by atoms with Gasteiger partial charge in [0, 0.05) is 17.0 Å². The fourth-order valence-electron chi connectivity index (χ4n) is 2.24. The van der Waals surface area contributed by atoms with Crippen LogP contribution in [0.5, 0.6) is 0 Å². The Morgan fingerprint density at radius 2 is 1.68 bits per heavy atom. The van der Waals surface area contributed by atoms with Crippen LogP contribution in [0, 0.1) is 0 Å². The monoisotopic (exact) mass is 371 g/mol. The zero-order valence-corrected chi connectivity index (χ0v) is 13.4. The SMILES string of the molecule is O=C(N[C@@H](Cc1ccccc1C(F)(F)F)C(=O)O)c1ccc(Cl)cc1. The summed E-state index contributed by atoms with van der Waals surface area (Å²) in [6.07, 6.45) is -5.11. The van der Waals surface area contributed by atoms with Crippen molar-refractivity contribution in [3.8, 4) is 0 Å². The third-order valence-electron chi connectivity index (χ3n) is 3.46. The fourth-order valence-corrected chi connectivity index (χ4v) is 2.36. The maximum atomic E-state index is 13.0. The lowest BCUT2D eigenvalue weighted by atomic mass is 9.99. The largest absolute Gasteiger partial charge is 0.480 e. The van der Waals surface area contributed by atoms with Crippen molar-refractivity contribution in [1.29, 1.82) is 0 Å². The van der Waals surface area contributed by atoms with Crippen molar-refractivity contribution in [2.75, 3.05) is 0 Å². The van der Waals surface area contributed by atoms with Crippen molar-refractivity contribution < 1.29 is 27.9 Å². The molecule has 132 valence electrons. The predicted octanol–water partition coefficient (Wildman–Crippen LogP) is 3.78. The third-order valence-corrected chi connectivity index (χ3v) is 3.71. The number of benzene rings is 2. The molecule has 0 radical (unpaired) electrons. The van der Waals surface area contributed by atoms with E-state index in [1.807, 2.05) is 0 Å². The van der Waals surface area contributed by atoms with Gasteiger partial charge in [-0.15, -0.1) is 0 Å². The first kappa shape index (κ1) is 18.8. The topological polar surface area (TPSA) is 66.4 Å². The number of halogens is 4. The number of alkyl halides is 3. The number of hydrogen-bond acceptors (Lipinski definition) is 2. The highest BCUT2D eigenvalue weighted by atomic mass is 35.5. The summed E-state index contributed by atoms with van der Waals surface area (Å²) in [5, 5.41) is 11.9. The molecule has 0 aliphatic rings. The Balaban J connectivity index is 2.21. The van der Waals surface area contributed by atoms with Gasteiger partial charge in [-0.1, -0.05) is 29.8 Å². The van der Waals surface area contributed by atoms with Crippen molar-refractivity contribution in [2.45, 2.75) is 18.6 Å². The van der Waals surface area contributed by atoms with E-state index in [1.165, 1.54) is 42.5 Å². The van der Waals surface area contributed by atoms with Crippen LogP contribution in [0.1, 0.15) is 21.5 Å². The number of aliphatic carboxylic acids is 1. The van der Waals surface area contributed by atoms with Crippen LogP contribution in [0.4, 0.5) is 13.2 Å². The molecule has 2 aromatic rings. The number of hydrogen-bond donors (Lipinski definition) is 2. The Morgan fingerprint density at radius 3 is 2.24 bits per heavy atom. The Labute approximate surface area is 146 Å². The normalized spacial score (nSPS) is 12.5. The second-order valence-corrected chi connectivity index (χ2v) is 5.67. The maximum absolute atomic E-state index is 13.0. The van der Waals surface area contributed by atoms with Gasteiger partial charge in [0.05, 0.1) is 5.56 Å². The molecule has 0 heterocycles. The molecule has 0 aliphatic carbocycles. The Morgan fingerprint density at radius 1 is 1.08 bits per heavy atom. The summed E-state index contributed by atoms with van der Waals surface area (Å²) in [6, 6.07) is 8.82. The van der Waals surface area contributed by atoms with Gasteiger partial charge in [-0.2, -0.15) is 13.2 Å². The van der Waals surface area contributed by atoms with Crippen LogP contribution in [0.3, 0.4) is 0 Å². The first-order chi connectivity index (χ1) is 11.7. The zero-order chi connectivity index (χ0) is 18.6. The van der Waals surface area contributed by atoms with E-state index in [9.17, 15) is 27.9 Å². The molecule has 2 aromatic carbocycles. The van der Waals surface area contributed by atoms with Crippen LogP contribution in [-0.2, 0) is 17.4 Å². The van der Waals surface area contributed by atoms with Crippen LogP contribution < -0.4 is 5.32 Å². The molecule has 1 amide bonds. The molecule has 0 unspecified atom stereocenters. The van der Waals surface area contributed by atoms with Crippen LogP contribution in [0.15, 0.2) is 48.5 Å². The molecule has 0 aliphatic heterocycles. The smallest absolute Gasteiger partial charge is 0.416 e. The fraction of sp³-hybridized carbons (Fsp3) is 0.176. The first-order valence-corrected chi connectivity index (χ1v) is 7.50. The summed E-state index contributed by atoms with van der Waals surface area (Å²) >= 11 is 5.71. The molecular weight excluding hydrogens is 359 g/mol. The van der Waals surface area contributed by atoms with Gasteiger partial charge in [0.15, 0.2) is 0 Å². The highest BCUT2D eigenvalue weighted by Gasteiger charge is 2.34. The lowest BCUT2D eigenvalue weighted by Crippen LogP contribution is -2.42. The Hall–Kier alpha value is -2.54. The van der Waals surface area contributed by atoms with Gasteiger partial charge in [-0.3, -0.25) is 4.79 Å². The van der Waals surface area contributed by atoms with E-state index < -0.39 is 36.1 Å². The summed E-state index contributed by atoms with van der Waals surface area (Å²) in [6.45, 7) is 0. The summed E-state index contributed by atoms with van der Waals surface area (Å²) in [7, 11) is 0.